The Kier molecular flexibility index (Phi) is 4.22. The second-order valence-corrected chi connectivity index (χ2v) is 5.57. The lowest BCUT2D eigenvalue weighted by Crippen LogP contribution is -2.45. The highest BCUT2D eigenvalue weighted by molar-refractivity contribution is 4.88. The Bertz CT molecular complexity index is 219. The molecule has 0 radical (unpaired) electrons. The summed E-state index contributed by atoms with van der Waals surface area (Å²) in [4.78, 5) is 5.23. The van der Waals surface area contributed by atoms with Crippen LogP contribution in [0.4, 0.5) is 0 Å². The van der Waals surface area contributed by atoms with E-state index in [0.29, 0.717) is 0 Å². The Balaban J connectivity index is 1.84. The molecule has 2 rings (SSSR count). The van der Waals surface area contributed by atoms with Gasteiger partial charge in [0.25, 0.3) is 0 Å². The van der Waals surface area contributed by atoms with Crippen LogP contribution in [-0.4, -0.2) is 61.7 Å². The second kappa shape index (κ2) is 5.48. The summed E-state index contributed by atoms with van der Waals surface area (Å²) in [7, 11) is 2.31. The number of hydrogen-bond acceptors (Lipinski definition) is 3. The molecule has 0 aromatic rings. The molecule has 2 aliphatic rings. The van der Waals surface area contributed by atoms with Gasteiger partial charge in [0.05, 0.1) is 0 Å². The quantitative estimate of drug-likeness (QED) is 0.770. The van der Waals surface area contributed by atoms with Crippen molar-refractivity contribution in [2.75, 3.05) is 39.8 Å². The van der Waals surface area contributed by atoms with Gasteiger partial charge in [0.1, 0.15) is 0 Å². The number of nitrogens with one attached hydrogen (secondary N) is 1. The minimum absolute atomic E-state index is 0.749. The van der Waals surface area contributed by atoms with E-state index in [1.165, 1.54) is 45.6 Å². The van der Waals surface area contributed by atoms with Crippen LogP contribution >= 0.6 is 0 Å². The topological polar surface area (TPSA) is 18.5 Å². The van der Waals surface area contributed by atoms with Gasteiger partial charge < -0.3 is 10.2 Å². The van der Waals surface area contributed by atoms with Crippen molar-refractivity contribution in [1.82, 2.24) is 15.1 Å². The van der Waals surface area contributed by atoms with Gasteiger partial charge in [-0.15, -0.1) is 0 Å². The van der Waals surface area contributed by atoms with Crippen LogP contribution in [0, 0.1) is 5.92 Å². The molecule has 0 aliphatic carbocycles. The van der Waals surface area contributed by atoms with E-state index in [1.807, 2.05) is 0 Å². The van der Waals surface area contributed by atoms with Crippen molar-refractivity contribution in [3.63, 3.8) is 0 Å². The van der Waals surface area contributed by atoms with Crippen molar-refractivity contribution >= 4 is 0 Å². The highest BCUT2D eigenvalue weighted by Gasteiger charge is 2.30. The zero-order chi connectivity index (χ0) is 11.5. The molecule has 2 aliphatic heterocycles. The normalized spacial score (nSPS) is 36.4. The third-order valence-electron chi connectivity index (χ3n) is 4.45. The van der Waals surface area contributed by atoms with Crippen LogP contribution in [-0.2, 0) is 0 Å². The minimum atomic E-state index is 0.749. The number of rotatable bonds is 4. The standard InChI is InChI=1S/C13H27N3/c1-4-16-7-5-6-12(16)10-15(3)13-9-14-8-11(13)2/h11-14H,4-10H2,1-3H3. The fourth-order valence-corrected chi connectivity index (χ4v) is 3.37. The molecule has 2 heterocycles. The Morgan fingerprint density at radius 3 is 2.81 bits per heavy atom. The van der Waals surface area contributed by atoms with Crippen LogP contribution in [0.1, 0.15) is 26.7 Å². The molecule has 0 aromatic heterocycles. The maximum absolute atomic E-state index is 3.50. The van der Waals surface area contributed by atoms with E-state index in [1.54, 1.807) is 0 Å². The van der Waals surface area contributed by atoms with Crippen LogP contribution in [0.15, 0.2) is 0 Å². The third kappa shape index (κ3) is 2.58. The summed E-state index contributed by atoms with van der Waals surface area (Å²) >= 11 is 0. The number of nitrogens with zero attached hydrogens (tertiary/aromatic N) is 2. The van der Waals surface area contributed by atoms with Gasteiger partial charge >= 0.3 is 0 Å². The van der Waals surface area contributed by atoms with Crippen LogP contribution in [0.25, 0.3) is 0 Å². The van der Waals surface area contributed by atoms with Gasteiger partial charge in [0, 0.05) is 25.2 Å². The van der Waals surface area contributed by atoms with E-state index in [4.69, 9.17) is 0 Å². The van der Waals surface area contributed by atoms with E-state index in [0.717, 1.165) is 18.0 Å². The molecule has 2 fully saturated rings. The molecule has 3 atom stereocenters. The summed E-state index contributed by atoms with van der Waals surface area (Å²) in [6.07, 6.45) is 2.79. The van der Waals surface area contributed by atoms with Crippen LogP contribution in [0.3, 0.4) is 0 Å². The summed E-state index contributed by atoms with van der Waals surface area (Å²) in [5.74, 6) is 0.807. The highest BCUT2D eigenvalue weighted by atomic mass is 15.2. The van der Waals surface area contributed by atoms with Gasteiger partial charge in [-0.25, -0.2) is 0 Å². The van der Waals surface area contributed by atoms with Gasteiger partial charge in [-0.2, -0.15) is 0 Å². The lowest BCUT2D eigenvalue weighted by molar-refractivity contribution is 0.153. The van der Waals surface area contributed by atoms with Crippen molar-refractivity contribution in [2.45, 2.75) is 38.8 Å². The molecular weight excluding hydrogens is 198 g/mol. The number of likely N-dealkylation sites (N-methyl/N-ethyl adjacent to an activating group) is 2. The van der Waals surface area contributed by atoms with E-state index in [2.05, 4.69) is 36.0 Å². The molecule has 0 bridgehead atoms. The molecule has 3 heteroatoms. The van der Waals surface area contributed by atoms with Crippen LogP contribution < -0.4 is 5.32 Å². The summed E-state index contributed by atoms with van der Waals surface area (Å²) in [5, 5.41) is 3.50. The second-order valence-electron chi connectivity index (χ2n) is 5.57. The molecular formula is C13H27N3. The zero-order valence-corrected chi connectivity index (χ0v) is 11.1. The largest absolute Gasteiger partial charge is 0.315 e. The number of hydrogen-bond donors (Lipinski definition) is 1. The van der Waals surface area contributed by atoms with Gasteiger partial charge in [-0.05, 0) is 45.4 Å². The molecule has 0 aromatic carbocycles. The van der Waals surface area contributed by atoms with Gasteiger partial charge in [-0.1, -0.05) is 13.8 Å². The van der Waals surface area contributed by atoms with E-state index < -0.39 is 0 Å². The van der Waals surface area contributed by atoms with Crippen molar-refractivity contribution in [1.29, 1.82) is 0 Å². The molecule has 16 heavy (non-hydrogen) atoms. The van der Waals surface area contributed by atoms with Crippen LogP contribution in [0.2, 0.25) is 0 Å². The summed E-state index contributed by atoms with van der Waals surface area (Å²) in [6.45, 7) is 10.8. The molecule has 3 unspecified atom stereocenters. The lowest BCUT2D eigenvalue weighted by Gasteiger charge is -2.32. The fourth-order valence-electron chi connectivity index (χ4n) is 3.37. The molecule has 0 spiro atoms. The maximum Gasteiger partial charge on any atom is 0.0255 e. The van der Waals surface area contributed by atoms with E-state index >= 15 is 0 Å². The minimum Gasteiger partial charge on any atom is -0.315 e. The predicted octanol–water partition coefficient (Wildman–Crippen LogP) is 1.01. The SMILES string of the molecule is CCN1CCCC1CN(C)C1CNCC1C. The zero-order valence-electron chi connectivity index (χ0n) is 11.1. The molecule has 2 saturated heterocycles. The maximum atomic E-state index is 3.50. The summed E-state index contributed by atoms with van der Waals surface area (Å²) in [6, 6.07) is 1.56. The lowest BCUT2D eigenvalue weighted by atomic mass is 10.0. The molecule has 0 amide bonds. The molecule has 94 valence electrons. The monoisotopic (exact) mass is 225 g/mol. The Labute approximate surface area is 100 Å². The van der Waals surface area contributed by atoms with Gasteiger partial charge in [0.15, 0.2) is 0 Å². The third-order valence-corrected chi connectivity index (χ3v) is 4.45. The Morgan fingerprint density at radius 1 is 1.38 bits per heavy atom. The first-order chi connectivity index (χ1) is 7.72. The van der Waals surface area contributed by atoms with Gasteiger partial charge in [0.2, 0.25) is 0 Å². The van der Waals surface area contributed by atoms with E-state index in [9.17, 15) is 0 Å². The van der Waals surface area contributed by atoms with E-state index in [-0.39, 0.29) is 0 Å². The van der Waals surface area contributed by atoms with Crippen LogP contribution in [0.5, 0.6) is 0 Å². The van der Waals surface area contributed by atoms with Crippen molar-refractivity contribution in [3.05, 3.63) is 0 Å². The summed E-state index contributed by atoms with van der Waals surface area (Å²) in [5.41, 5.74) is 0. The first-order valence-corrected chi connectivity index (χ1v) is 6.87. The van der Waals surface area contributed by atoms with Crippen molar-refractivity contribution in [3.8, 4) is 0 Å². The average Bonchev–Trinajstić information content (AvgIpc) is 2.86. The first-order valence-electron chi connectivity index (χ1n) is 6.87. The predicted molar refractivity (Wildman–Crippen MR) is 68.7 cm³/mol. The smallest absolute Gasteiger partial charge is 0.0255 e. The van der Waals surface area contributed by atoms with Crippen molar-refractivity contribution < 1.29 is 0 Å². The average molecular weight is 225 g/mol. The van der Waals surface area contributed by atoms with Gasteiger partial charge in [-0.3, -0.25) is 4.90 Å². The number of likely N-dealkylation sites (tertiary alicyclic amines) is 1. The van der Waals surface area contributed by atoms with Crippen molar-refractivity contribution in [2.24, 2.45) is 5.92 Å². The first kappa shape index (κ1) is 12.3. The fraction of sp³-hybridized carbons (Fsp3) is 1.00. The Hall–Kier alpha value is -0.120. The Morgan fingerprint density at radius 2 is 2.19 bits per heavy atom. The highest BCUT2D eigenvalue weighted by Crippen LogP contribution is 2.20. The molecule has 3 nitrogen and oxygen atoms in total. The summed E-state index contributed by atoms with van der Waals surface area (Å²) < 4.78 is 0. The molecule has 0 saturated carbocycles. The molecule has 1 N–H and O–H groups in total.